The van der Waals surface area contributed by atoms with E-state index < -0.39 is 5.54 Å². The highest BCUT2D eigenvalue weighted by molar-refractivity contribution is 5.23. The van der Waals surface area contributed by atoms with Crippen LogP contribution >= 0.6 is 0 Å². The number of hydrogen-bond acceptors (Lipinski definition) is 3. The summed E-state index contributed by atoms with van der Waals surface area (Å²) in [5.74, 6) is 0. The first-order chi connectivity index (χ1) is 8.64. The maximum atomic E-state index is 9.63. The van der Waals surface area contributed by atoms with Crippen molar-refractivity contribution in [1.82, 2.24) is 15.1 Å². The number of aliphatic hydroxyl groups is 1. The molecular formula is C14H19N3O. The monoisotopic (exact) mass is 245 g/mol. The van der Waals surface area contributed by atoms with Crippen LogP contribution in [0.2, 0.25) is 0 Å². The Hall–Kier alpha value is -1.65. The van der Waals surface area contributed by atoms with Crippen molar-refractivity contribution in [2.75, 3.05) is 6.61 Å². The van der Waals surface area contributed by atoms with Gasteiger partial charge in [0.15, 0.2) is 0 Å². The molecule has 0 spiro atoms. The number of benzene rings is 1. The molecule has 1 unspecified atom stereocenters. The van der Waals surface area contributed by atoms with E-state index in [1.54, 1.807) is 4.68 Å². The molecule has 2 N–H and O–H groups in total. The summed E-state index contributed by atoms with van der Waals surface area (Å²) >= 11 is 0. The van der Waals surface area contributed by atoms with E-state index in [1.807, 2.05) is 56.6 Å². The number of aryl methyl sites for hydroxylation is 1. The van der Waals surface area contributed by atoms with Crippen LogP contribution in [0.1, 0.15) is 18.2 Å². The van der Waals surface area contributed by atoms with Gasteiger partial charge in [0.25, 0.3) is 0 Å². The van der Waals surface area contributed by atoms with Crippen molar-refractivity contribution in [3.63, 3.8) is 0 Å². The molecule has 4 nitrogen and oxygen atoms in total. The van der Waals surface area contributed by atoms with Crippen LogP contribution in [0.4, 0.5) is 0 Å². The van der Waals surface area contributed by atoms with Crippen LogP contribution in [-0.2, 0) is 19.1 Å². The molecule has 18 heavy (non-hydrogen) atoms. The summed E-state index contributed by atoms with van der Waals surface area (Å²) in [5.41, 5.74) is 1.59. The summed E-state index contributed by atoms with van der Waals surface area (Å²) in [6, 6.07) is 11.9. The predicted molar refractivity (Wildman–Crippen MR) is 70.9 cm³/mol. The molecule has 1 aromatic heterocycles. The van der Waals surface area contributed by atoms with Crippen molar-refractivity contribution < 1.29 is 5.11 Å². The minimum absolute atomic E-state index is 0.0455. The SMILES string of the molecule is Cn1ccc(CNC(C)(CO)c2ccccc2)n1. The second kappa shape index (κ2) is 5.33. The molecule has 0 saturated heterocycles. The maximum absolute atomic E-state index is 9.63. The number of rotatable bonds is 5. The molecule has 2 aromatic rings. The smallest absolute Gasteiger partial charge is 0.0762 e. The average molecular weight is 245 g/mol. The molecule has 0 aliphatic heterocycles. The van der Waals surface area contributed by atoms with E-state index >= 15 is 0 Å². The molecule has 0 fully saturated rings. The lowest BCUT2D eigenvalue weighted by molar-refractivity contribution is 0.173. The van der Waals surface area contributed by atoms with E-state index in [2.05, 4.69) is 10.4 Å². The fourth-order valence-corrected chi connectivity index (χ4v) is 1.90. The molecule has 0 bridgehead atoms. The van der Waals surface area contributed by atoms with Crippen LogP contribution < -0.4 is 5.32 Å². The van der Waals surface area contributed by atoms with Crippen LogP contribution in [0.15, 0.2) is 42.6 Å². The molecule has 1 heterocycles. The normalized spacial score (nSPS) is 14.4. The number of hydrogen-bond donors (Lipinski definition) is 2. The summed E-state index contributed by atoms with van der Waals surface area (Å²) in [4.78, 5) is 0. The van der Waals surface area contributed by atoms with Crippen LogP contribution in [0.25, 0.3) is 0 Å². The zero-order valence-electron chi connectivity index (χ0n) is 10.8. The maximum Gasteiger partial charge on any atom is 0.0762 e. The van der Waals surface area contributed by atoms with E-state index in [-0.39, 0.29) is 6.61 Å². The molecule has 2 rings (SSSR count). The van der Waals surface area contributed by atoms with Gasteiger partial charge >= 0.3 is 0 Å². The molecule has 4 heteroatoms. The lowest BCUT2D eigenvalue weighted by Crippen LogP contribution is -2.42. The Labute approximate surface area is 107 Å². The van der Waals surface area contributed by atoms with Gasteiger partial charge in [0.05, 0.1) is 17.8 Å². The Kier molecular flexibility index (Phi) is 3.79. The Balaban J connectivity index is 2.09. The number of nitrogens with zero attached hydrogens (tertiary/aromatic N) is 2. The van der Waals surface area contributed by atoms with E-state index in [9.17, 15) is 5.11 Å². The summed E-state index contributed by atoms with van der Waals surface area (Å²) < 4.78 is 1.77. The Morgan fingerprint density at radius 2 is 2.00 bits per heavy atom. The van der Waals surface area contributed by atoms with E-state index in [0.717, 1.165) is 11.3 Å². The first-order valence-electron chi connectivity index (χ1n) is 6.04. The van der Waals surface area contributed by atoms with Gasteiger partial charge < -0.3 is 5.11 Å². The van der Waals surface area contributed by atoms with Crippen molar-refractivity contribution in [1.29, 1.82) is 0 Å². The molecule has 0 aliphatic rings. The van der Waals surface area contributed by atoms with Crippen LogP contribution in [0.5, 0.6) is 0 Å². The second-order valence-electron chi connectivity index (χ2n) is 4.69. The largest absolute Gasteiger partial charge is 0.394 e. The van der Waals surface area contributed by atoms with Gasteiger partial charge in [-0.3, -0.25) is 10.00 Å². The minimum Gasteiger partial charge on any atom is -0.394 e. The van der Waals surface area contributed by atoms with Gasteiger partial charge in [-0.25, -0.2) is 0 Å². The summed E-state index contributed by atoms with van der Waals surface area (Å²) in [7, 11) is 1.89. The van der Waals surface area contributed by atoms with E-state index in [1.165, 1.54) is 0 Å². The third kappa shape index (κ3) is 2.78. The molecule has 96 valence electrons. The number of nitrogens with one attached hydrogen (secondary N) is 1. The molecule has 0 saturated carbocycles. The van der Waals surface area contributed by atoms with Gasteiger partial charge in [-0.05, 0) is 18.6 Å². The molecule has 1 atom stereocenters. The standard InChI is InChI=1S/C14H19N3O/c1-14(11-18,12-6-4-3-5-7-12)15-10-13-8-9-17(2)16-13/h3-9,15,18H,10-11H2,1-2H3. The minimum atomic E-state index is -0.446. The van der Waals surface area contributed by atoms with Gasteiger partial charge in [-0.1, -0.05) is 30.3 Å². The third-order valence-electron chi connectivity index (χ3n) is 3.16. The highest BCUT2D eigenvalue weighted by Gasteiger charge is 2.24. The van der Waals surface area contributed by atoms with E-state index in [0.29, 0.717) is 6.54 Å². The number of aromatic nitrogens is 2. The van der Waals surface area contributed by atoms with Crippen molar-refractivity contribution >= 4 is 0 Å². The van der Waals surface area contributed by atoms with Crippen LogP contribution in [0, 0.1) is 0 Å². The first kappa shape index (κ1) is 12.8. The Morgan fingerprint density at radius 1 is 1.28 bits per heavy atom. The Morgan fingerprint density at radius 3 is 2.56 bits per heavy atom. The average Bonchev–Trinajstić information content (AvgIpc) is 2.83. The molecule has 0 radical (unpaired) electrons. The predicted octanol–water partition coefficient (Wildman–Crippen LogP) is 1.42. The fraction of sp³-hybridized carbons (Fsp3) is 0.357. The van der Waals surface area contributed by atoms with Crippen LogP contribution in [0.3, 0.4) is 0 Å². The molecule has 1 aromatic carbocycles. The number of aliphatic hydroxyl groups excluding tert-OH is 1. The first-order valence-corrected chi connectivity index (χ1v) is 6.04. The fourth-order valence-electron chi connectivity index (χ4n) is 1.90. The van der Waals surface area contributed by atoms with Gasteiger partial charge in [0.1, 0.15) is 0 Å². The molecule has 0 aliphatic carbocycles. The summed E-state index contributed by atoms with van der Waals surface area (Å²) in [6.45, 7) is 2.67. The van der Waals surface area contributed by atoms with Gasteiger partial charge in [0, 0.05) is 19.8 Å². The van der Waals surface area contributed by atoms with Gasteiger partial charge in [-0.2, -0.15) is 5.10 Å². The van der Waals surface area contributed by atoms with Crippen LogP contribution in [-0.4, -0.2) is 21.5 Å². The third-order valence-corrected chi connectivity index (χ3v) is 3.16. The highest BCUT2D eigenvalue weighted by Crippen LogP contribution is 2.20. The molecular weight excluding hydrogens is 226 g/mol. The topological polar surface area (TPSA) is 50.1 Å². The zero-order chi connectivity index (χ0) is 13.0. The molecule has 0 amide bonds. The summed E-state index contributed by atoms with van der Waals surface area (Å²) in [6.07, 6.45) is 1.91. The Bertz CT molecular complexity index is 495. The van der Waals surface area contributed by atoms with Crippen molar-refractivity contribution in [3.05, 3.63) is 53.9 Å². The van der Waals surface area contributed by atoms with Gasteiger partial charge in [-0.15, -0.1) is 0 Å². The lowest BCUT2D eigenvalue weighted by Gasteiger charge is -2.29. The zero-order valence-corrected chi connectivity index (χ0v) is 10.8. The second-order valence-corrected chi connectivity index (χ2v) is 4.69. The quantitative estimate of drug-likeness (QED) is 0.837. The van der Waals surface area contributed by atoms with Crippen molar-refractivity contribution in [2.45, 2.75) is 19.0 Å². The highest BCUT2D eigenvalue weighted by atomic mass is 16.3. The summed E-state index contributed by atoms with van der Waals surface area (Å²) in [5, 5.41) is 17.3. The van der Waals surface area contributed by atoms with Gasteiger partial charge in [0.2, 0.25) is 0 Å². The lowest BCUT2D eigenvalue weighted by atomic mass is 9.93. The van der Waals surface area contributed by atoms with Crippen molar-refractivity contribution in [2.24, 2.45) is 7.05 Å². The van der Waals surface area contributed by atoms with Crippen molar-refractivity contribution in [3.8, 4) is 0 Å². The van der Waals surface area contributed by atoms with E-state index in [4.69, 9.17) is 0 Å².